The van der Waals surface area contributed by atoms with Gasteiger partial charge >= 0.3 is 29.6 Å². The summed E-state index contributed by atoms with van der Waals surface area (Å²) >= 11 is 1.31. The van der Waals surface area contributed by atoms with Crippen LogP contribution in [-0.4, -0.2) is 31.3 Å². The molecule has 0 aliphatic carbocycles. The number of amides is 1. The van der Waals surface area contributed by atoms with Crippen LogP contribution < -0.4 is 39.0 Å². The minimum Gasteiger partial charge on any atom is -1.00 e. The Hall–Kier alpha value is -2.76. The first-order valence-electron chi connectivity index (χ1n) is 11.6. The van der Waals surface area contributed by atoms with Crippen molar-refractivity contribution in [2.45, 2.75) is 11.9 Å². The Morgan fingerprint density at radius 2 is 1.85 bits per heavy atom. The number of sulfonamides is 1. The molecule has 1 atom stereocenters. The molecule has 39 heavy (non-hydrogen) atoms. The van der Waals surface area contributed by atoms with E-state index < -0.39 is 27.6 Å². The average molecular weight is 577 g/mol. The Morgan fingerprint density at radius 1 is 1.08 bits per heavy atom. The van der Waals surface area contributed by atoms with Crippen molar-refractivity contribution in [2.24, 2.45) is 0 Å². The van der Waals surface area contributed by atoms with E-state index in [1.165, 1.54) is 11.8 Å². The molecule has 3 aromatic carbocycles. The van der Waals surface area contributed by atoms with Gasteiger partial charge in [-0.25, -0.2) is 22.2 Å². The third kappa shape index (κ3) is 7.06. The van der Waals surface area contributed by atoms with Crippen LogP contribution in [0.3, 0.4) is 0 Å². The second-order valence-corrected chi connectivity index (χ2v) is 11.6. The predicted molar refractivity (Wildman–Crippen MR) is 146 cm³/mol. The molecule has 1 aliphatic heterocycles. The molecule has 0 saturated carbocycles. The molecule has 1 N–H and O–H groups in total. The van der Waals surface area contributed by atoms with Crippen LogP contribution >= 0.6 is 11.8 Å². The van der Waals surface area contributed by atoms with Gasteiger partial charge in [-0.05, 0) is 47.0 Å². The molecule has 5 rings (SSSR count). The number of hydrogen-bond donors (Lipinski definition) is 1. The monoisotopic (exact) mass is 576 g/mol. The van der Waals surface area contributed by atoms with Crippen LogP contribution in [0.1, 0.15) is 34.6 Å². The largest absolute Gasteiger partial charge is 1.00 e. The molecule has 2 heterocycles. The van der Waals surface area contributed by atoms with Crippen molar-refractivity contribution < 1.29 is 57.7 Å². The zero-order valence-corrected chi connectivity index (χ0v) is 24.8. The number of nitrogens with zero attached hydrogens (tertiary/aromatic N) is 1. The molecular formula is C28H23F2N2NaO4S2. The molecule has 0 saturated heterocycles. The van der Waals surface area contributed by atoms with E-state index >= 15 is 0 Å². The van der Waals surface area contributed by atoms with Crippen LogP contribution in [0.25, 0.3) is 23.1 Å². The molecule has 1 aliphatic rings. The van der Waals surface area contributed by atoms with E-state index in [1.54, 1.807) is 18.2 Å². The van der Waals surface area contributed by atoms with Crippen LogP contribution in [-0.2, 0) is 21.4 Å². The third-order valence-corrected chi connectivity index (χ3v) is 7.79. The number of benzene rings is 3. The van der Waals surface area contributed by atoms with Gasteiger partial charge in [-0.3, -0.25) is 9.52 Å². The molecular weight excluding hydrogens is 553 g/mol. The Balaban J connectivity index is 0.00000220. The maximum atomic E-state index is 13.7. The molecule has 6 nitrogen and oxygen atoms in total. The third-order valence-electron chi connectivity index (χ3n) is 5.92. The minimum absolute atomic E-state index is 0. The Morgan fingerprint density at radius 3 is 2.64 bits per heavy atom. The van der Waals surface area contributed by atoms with E-state index in [9.17, 15) is 22.0 Å². The fourth-order valence-corrected chi connectivity index (χ4v) is 5.97. The summed E-state index contributed by atoms with van der Waals surface area (Å²) in [7, 11) is -3.66. The van der Waals surface area contributed by atoms with E-state index in [2.05, 4.69) is 4.98 Å². The van der Waals surface area contributed by atoms with Crippen LogP contribution in [0.2, 0.25) is 0 Å². The maximum Gasteiger partial charge on any atom is 1.00 e. The Kier molecular flexibility index (Phi) is 9.13. The summed E-state index contributed by atoms with van der Waals surface area (Å²) in [5.41, 5.74) is 4.56. The number of carbonyl (C=O) groups is 1. The summed E-state index contributed by atoms with van der Waals surface area (Å²) in [4.78, 5) is 16.7. The summed E-state index contributed by atoms with van der Waals surface area (Å²) in [5.74, 6) is -1.87. The van der Waals surface area contributed by atoms with Crippen molar-refractivity contribution in [1.29, 1.82) is 0 Å². The Bertz CT molecular complexity index is 1700. The van der Waals surface area contributed by atoms with E-state index in [0.717, 1.165) is 40.6 Å². The first-order valence-corrected chi connectivity index (χ1v) is 14.5. The summed E-state index contributed by atoms with van der Waals surface area (Å²) in [6, 6.07) is 19.1. The van der Waals surface area contributed by atoms with Crippen molar-refractivity contribution in [2.75, 3.05) is 12.0 Å². The number of ether oxygens (including phenoxy) is 1. The van der Waals surface area contributed by atoms with Gasteiger partial charge in [0.05, 0.1) is 28.5 Å². The SMILES string of the molecule is CS(=O)(=O)NC(=O)CSC1c2ccccc2COc2ccc(/C=C/c3ccc4cc(F)c(F)cc4n3)cc21.[H-].[Na+]. The predicted octanol–water partition coefficient (Wildman–Crippen LogP) is 2.59. The van der Waals surface area contributed by atoms with Crippen molar-refractivity contribution in [1.82, 2.24) is 9.71 Å². The number of nitrogens with one attached hydrogen (secondary N) is 1. The molecule has 1 amide bonds. The molecule has 0 spiro atoms. The summed E-state index contributed by atoms with van der Waals surface area (Å²) in [6.45, 7) is 0.364. The standard InChI is InChI=1S/C28H22F2N2O4S2.Na.H/c1-38(34,35)32-27(33)16-37-28-21-5-3-2-4-19(21)15-36-26-11-7-17(12-22(26)28)6-9-20-10-8-18-13-23(29)24(30)14-25(18)31-20;;/h2-14,28H,15-16H2,1H3,(H,32,33);;/q;+1;-1/b9-6+;;. The fraction of sp³-hybridized carbons (Fsp3) is 0.143. The number of pyridine rings is 1. The molecule has 196 valence electrons. The molecule has 0 radical (unpaired) electrons. The van der Waals surface area contributed by atoms with Crippen LogP contribution in [0, 0.1) is 11.6 Å². The summed E-state index contributed by atoms with van der Waals surface area (Å²) in [5, 5.41) is 0.223. The van der Waals surface area contributed by atoms with E-state index in [4.69, 9.17) is 4.74 Å². The molecule has 0 fully saturated rings. The van der Waals surface area contributed by atoms with Gasteiger partial charge in [0.25, 0.3) is 0 Å². The normalized spacial score (nSPS) is 14.6. The second kappa shape index (κ2) is 12.2. The van der Waals surface area contributed by atoms with Gasteiger partial charge in [0.15, 0.2) is 11.6 Å². The van der Waals surface area contributed by atoms with Crippen molar-refractivity contribution in [3.05, 3.63) is 106 Å². The van der Waals surface area contributed by atoms with Gasteiger partial charge in [-0.2, -0.15) is 0 Å². The zero-order valence-electron chi connectivity index (χ0n) is 22.1. The topological polar surface area (TPSA) is 85.4 Å². The number of hydrogen-bond acceptors (Lipinski definition) is 6. The number of halogens is 2. The fourth-order valence-electron chi connectivity index (χ4n) is 4.23. The van der Waals surface area contributed by atoms with Gasteiger partial charge < -0.3 is 6.16 Å². The summed E-state index contributed by atoms with van der Waals surface area (Å²) < 4.78 is 58.2. The van der Waals surface area contributed by atoms with Gasteiger partial charge in [0, 0.05) is 17.0 Å². The molecule has 1 aromatic heterocycles. The van der Waals surface area contributed by atoms with E-state index in [0.29, 0.717) is 29.0 Å². The maximum absolute atomic E-state index is 13.7. The smallest absolute Gasteiger partial charge is 1.00 e. The quantitative estimate of drug-likeness (QED) is 0.356. The first-order chi connectivity index (χ1) is 18.2. The molecule has 4 aromatic rings. The van der Waals surface area contributed by atoms with Gasteiger partial charge in [-0.1, -0.05) is 42.5 Å². The van der Waals surface area contributed by atoms with Crippen molar-refractivity contribution in [3.63, 3.8) is 0 Å². The van der Waals surface area contributed by atoms with E-state index in [-0.39, 0.29) is 42.0 Å². The molecule has 1 unspecified atom stereocenters. The van der Waals surface area contributed by atoms with Crippen molar-refractivity contribution >= 4 is 50.7 Å². The van der Waals surface area contributed by atoms with Crippen molar-refractivity contribution in [3.8, 4) is 5.75 Å². The molecule has 0 bridgehead atoms. The Labute approximate surface area is 252 Å². The summed E-state index contributed by atoms with van der Waals surface area (Å²) in [6.07, 6.45) is 4.57. The number of thioether (sulfide) groups is 1. The number of carbonyl (C=O) groups excluding carboxylic acids is 1. The average Bonchev–Trinajstić information content (AvgIpc) is 3.02. The number of rotatable bonds is 6. The second-order valence-electron chi connectivity index (χ2n) is 8.80. The van der Waals surface area contributed by atoms with Crippen LogP contribution in [0.15, 0.2) is 66.7 Å². The van der Waals surface area contributed by atoms with Gasteiger partial charge in [-0.15, -0.1) is 11.8 Å². The van der Waals surface area contributed by atoms with Crippen LogP contribution in [0.4, 0.5) is 8.78 Å². The minimum atomic E-state index is -3.66. The number of fused-ring (bicyclic) bond motifs is 3. The number of aromatic nitrogens is 1. The molecule has 11 heteroatoms. The van der Waals surface area contributed by atoms with Gasteiger partial charge in [0.2, 0.25) is 15.9 Å². The van der Waals surface area contributed by atoms with E-state index in [1.807, 2.05) is 53.3 Å². The zero-order chi connectivity index (χ0) is 26.9. The first kappa shape index (κ1) is 29.2. The van der Waals surface area contributed by atoms with Crippen LogP contribution in [0.5, 0.6) is 5.75 Å². The van der Waals surface area contributed by atoms with Gasteiger partial charge in [0.1, 0.15) is 12.4 Å².